The van der Waals surface area contributed by atoms with Gasteiger partial charge in [0.15, 0.2) is 5.96 Å². The Bertz CT molecular complexity index is 768. The molecule has 0 radical (unpaired) electrons. The molecule has 3 N–H and O–H groups in total. The maximum absolute atomic E-state index is 12.4. The number of benzene rings is 1. The van der Waals surface area contributed by atoms with Crippen molar-refractivity contribution in [3.8, 4) is 0 Å². The van der Waals surface area contributed by atoms with Gasteiger partial charge in [-0.1, -0.05) is 19.1 Å². The second-order valence-corrected chi connectivity index (χ2v) is 9.26. The number of sulfonamides is 1. The topological polar surface area (TPSA) is 95.1 Å². The molecule has 1 saturated heterocycles. The average Bonchev–Trinajstić information content (AvgIpc) is 2.74. The van der Waals surface area contributed by atoms with Crippen LogP contribution in [0.4, 0.5) is 0 Å². The van der Waals surface area contributed by atoms with Crippen LogP contribution < -0.4 is 15.4 Å². The first-order chi connectivity index (χ1) is 14.5. The molecule has 8 nitrogen and oxygen atoms in total. The van der Waals surface area contributed by atoms with E-state index in [2.05, 4.69) is 32.2 Å². The third-order valence-corrected chi connectivity index (χ3v) is 6.50. The molecule has 0 atom stereocenters. The van der Waals surface area contributed by atoms with Crippen molar-refractivity contribution in [2.45, 2.75) is 50.6 Å². The zero-order chi connectivity index (χ0) is 21.8. The number of nitrogens with zero attached hydrogens (tertiary/aromatic N) is 2. The minimum atomic E-state index is -3.55. The van der Waals surface area contributed by atoms with Gasteiger partial charge in [-0.05, 0) is 50.4 Å². The third-order valence-electron chi connectivity index (χ3n) is 5.04. The molecular weight excluding hydrogens is 529 g/mol. The van der Waals surface area contributed by atoms with Crippen molar-refractivity contribution < 1.29 is 13.2 Å². The number of halogens is 1. The van der Waals surface area contributed by atoms with E-state index in [1.165, 1.54) is 20.1 Å². The quantitative estimate of drug-likeness (QED) is 0.164. The van der Waals surface area contributed by atoms with Crippen molar-refractivity contribution in [2.75, 3.05) is 46.4 Å². The van der Waals surface area contributed by atoms with Gasteiger partial charge >= 0.3 is 0 Å². The average molecular weight is 568 g/mol. The van der Waals surface area contributed by atoms with Gasteiger partial charge in [0.05, 0.1) is 18.0 Å². The largest absolute Gasteiger partial charge is 0.383 e. The van der Waals surface area contributed by atoms with E-state index >= 15 is 0 Å². The Morgan fingerprint density at radius 1 is 1.26 bits per heavy atom. The summed E-state index contributed by atoms with van der Waals surface area (Å²) in [7, 11) is -2.01. The molecule has 0 bridgehead atoms. The highest BCUT2D eigenvalue weighted by Gasteiger charge is 2.19. The molecule has 31 heavy (non-hydrogen) atoms. The van der Waals surface area contributed by atoms with Crippen LogP contribution in [0.25, 0.3) is 0 Å². The van der Waals surface area contributed by atoms with Crippen molar-refractivity contribution in [1.82, 2.24) is 20.3 Å². The fourth-order valence-electron chi connectivity index (χ4n) is 3.47. The molecule has 1 heterocycles. The molecule has 1 aliphatic heterocycles. The lowest BCUT2D eigenvalue weighted by molar-refractivity contribution is 0.204. The minimum absolute atomic E-state index is 0. The van der Waals surface area contributed by atoms with Gasteiger partial charge in [-0.15, -0.1) is 24.0 Å². The number of likely N-dealkylation sites (tertiary alicyclic amines) is 1. The molecule has 0 aromatic heterocycles. The summed E-state index contributed by atoms with van der Waals surface area (Å²) in [5, 5.41) is 6.83. The first-order valence-corrected chi connectivity index (χ1v) is 12.3. The molecule has 2 rings (SSSR count). The SMILES string of the molecule is CCCN1CCC(NC(=NCc2cccc(S(=O)(=O)NCCOC)c2)NCC)CC1.I. The molecular formula is C21H38IN5O3S. The Labute approximate surface area is 204 Å². The van der Waals surface area contributed by atoms with Crippen LogP contribution in [-0.2, 0) is 21.3 Å². The Hall–Kier alpha value is -0.950. The summed E-state index contributed by atoms with van der Waals surface area (Å²) < 4.78 is 32.3. The van der Waals surface area contributed by atoms with Crippen molar-refractivity contribution in [1.29, 1.82) is 0 Å². The van der Waals surface area contributed by atoms with E-state index in [4.69, 9.17) is 4.74 Å². The van der Waals surface area contributed by atoms with Crippen LogP contribution in [0.1, 0.15) is 38.7 Å². The highest BCUT2D eigenvalue weighted by molar-refractivity contribution is 14.0. The van der Waals surface area contributed by atoms with Crippen LogP contribution in [-0.4, -0.2) is 71.8 Å². The molecule has 0 spiro atoms. The van der Waals surface area contributed by atoms with E-state index in [9.17, 15) is 8.42 Å². The number of ether oxygens (including phenoxy) is 1. The van der Waals surface area contributed by atoms with Gasteiger partial charge in [-0.3, -0.25) is 0 Å². The monoisotopic (exact) mass is 567 g/mol. The molecule has 1 aromatic carbocycles. The van der Waals surface area contributed by atoms with Gasteiger partial charge in [0.25, 0.3) is 0 Å². The minimum Gasteiger partial charge on any atom is -0.383 e. The van der Waals surface area contributed by atoms with Crippen molar-refractivity contribution in [3.05, 3.63) is 29.8 Å². The molecule has 10 heteroatoms. The van der Waals surface area contributed by atoms with Crippen LogP contribution in [0, 0.1) is 0 Å². The van der Waals surface area contributed by atoms with Crippen LogP contribution in [0.3, 0.4) is 0 Å². The lowest BCUT2D eigenvalue weighted by Crippen LogP contribution is -2.48. The zero-order valence-corrected chi connectivity index (χ0v) is 22.0. The second kappa shape index (κ2) is 15.0. The summed E-state index contributed by atoms with van der Waals surface area (Å²) in [6.07, 6.45) is 3.40. The van der Waals surface area contributed by atoms with E-state index in [-0.39, 0.29) is 35.4 Å². The predicted octanol–water partition coefficient (Wildman–Crippen LogP) is 2.16. The predicted molar refractivity (Wildman–Crippen MR) is 137 cm³/mol. The number of rotatable bonds is 11. The van der Waals surface area contributed by atoms with Gasteiger partial charge in [-0.2, -0.15) is 0 Å². The Balaban J connectivity index is 0.00000480. The fraction of sp³-hybridized carbons (Fsp3) is 0.667. The fourth-order valence-corrected chi connectivity index (χ4v) is 4.56. The molecule has 1 fully saturated rings. The summed E-state index contributed by atoms with van der Waals surface area (Å²) in [4.78, 5) is 7.43. The highest BCUT2D eigenvalue weighted by atomic mass is 127. The summed E-state index contributed by atoms with van der Waals surface area (Å²) >= 11 is 0. The number of guanidine groups is 1. The van der Waals surface area contributed by atoms with Gasteiger partial charge in [0.2, 0.25) is 10.0 Å². The second-order valence-electron chi connectivity index (χ2n) is 7.49. The standard InChI is InChI=1S/C21H37N5O3S.HI/c1-4-12-26-13-9-19(10-14-26)25-21(22-5-2)23-17-18-7-6-8-20(16-18)30(27,28)24-11-15-29-3;/h6-8,16,19,24H,4-5,9-15,17H2,1-3H3,(H2,22,23,25);1H. The van der Waals surface area contributed by atoms with Crippen LogP contribution in [0.2, 0.25) is 0 Å². The van der Waals surface area contributed by atoms with Gasteiger partial charge in [0, 0.05) is 39.3 Å². The van der Waals surface area contributed by atoms with Crippen molar-refractivity contribution >= 4 is 40.0 Å². The number of hydrogen-bond acceptors (Lipinski definition) is 5. The summed E-state index contributed by atoms with van der Waals surface area (Å²) in [6.45, 7) is 9.41. The lowest BCUT2D eigenvalue weighted by Gasteiger charge is -2.32. The van der Waals surface area contributed by atoms with Gasteiger partial charge < -0.3 is 20.3 Å². The van der Waals surface area contributed by atoms with E-state index in [1.807, 2.05) is 13.0 Å². The van der Waals surface area contributed by atoms with Crippen molar-refractivity contribution in [2.24, 2.45) is 4.99 Å². The number of hydrogen-bond donors (Lipinski definition) is 3. The normalized spacial score (nSPS) is 16.0. The maximum atomic E-state index is 12.4. The molecule has 0 amide bonds. The molecule has 0 aliphatic carbocycles. The number of aliphatic imine (C=N–C) groups is 1. The Kier molecular flexibility index (Phi) is 13.6. The summed E-state index contributed by atoms with van der Waals surface area (Å²) in [6, 6.07) is 7.32. The van der Waals surface area contributed by atoms with Crippen LogP contribution >= 0.6 is 24.0 Å². The molecule has 0 saturated carbocycles. The summed E-state index contributed by atoms with van der Waals surface area (Å²) in [5.41, 5.74) is 0.847. The van der Waals surface area contributed by atoms with Crippen LogP contribution in [0.5, 0.6) is 0 Å². The first kappa shape index (κ1) is 28.1. The Morgan fingerprint density at radius 2 is 2.00 bits per heavy atom. The van der Waals surface area contributed by atoms with E-state index in [0.29, 0.717) is 19.2 Å². The molecule has 178 valence electrons. The third kappa shape index (κ3) is 10.0. The summed E-state index contributed by atoms with van der Waals surface area (Å²) in [5.74, 6) is 0.776. The van der Waals surface area contributed by atoms with Gasteiger partial charge in [0.1, 0.15) is 0 Å². The highest BCUT2D eigenvalue weighted by Crippen LogP contribution is 2.13. The number of nitrogens with one attached hydrogen (secondary N) is 3. The van der Waals surface area contributed by atoms with E-state index in [1.54, 1.807) is 18.2 Å². The number of piperidine rings is 1. The Morgan fingerprint density at radius 3 is 2.65 bits per heavy atom. The van der Waals surface area contributed by atoms with Crippen LogP contribution in [0.15, 0.2) is 34.2 Å². The van der Waals surface area contributed by atoms with E-state index < -0.39 is 10.0 Å². The zero-order valence-electron chi connectivity index (χ0n) is 18.9. The van der Waals surface area contributed by atoms with E-state index in [0.717, 1.165) is 44.0 Å². The molecule has 0 unspecified atom stereocenters. The lowest BCUT2D eigenvalue weighted by atomic mass is 10.1. The maximum Gasteiger partial charge on any atom is 0.240 e. The number of methoxy groups -OCH3 is 1. The van der Waals surface area contributed by atoms with Gasteiger partial charge in [-0.25, -0.2) is 18.1 Å². The molecule has 1 aromatic rings. The first-order valence-electron chi connectivity index (χ1n) is 10.8. The van der Waals surface area contributed by atoms with Crippen molar-refractivity contribution in [3.63, 3.8) is 0 Å². The molecule has 1 aliphatic rings. The smallest absolute Gasteiger partial charge is 0.240 e.